The van der Waals surface area contributed by atoms with Crippen molar-refractivity contribution in [2.75, 3.05) is 31.1 Å². The molecular weight excluding hydrogens is 393 g/mol. The highest BCUT2D eigenvalue weighted by atomic mass is 19.1. The van der Waals surface area contributed by atoms with Crippen molar-refractivity contribution in [3.8, 4) is 0 Å². The normalized spacial score (nSPS) is 24.6. The third-order valence-electron chi connectivity index (χ3n) is 6.08. The summed E-state index contributed by atoms with van der Waals surface area (Å²) in [5.74, 6) is -1.85. The molecule has 1 aliphatic carbocycles. The zero-order valence-electron chi connectivity index (χ0n) is 16.5. The lowest BCUT2D eigenvalue weighted by atomic mass is 9.85. The third-order valence-corrected chi connectivity index (χ3v) is 6.08. The van der Waals surface area contributed by atoms with Crippen LogP contribution in [0.3, 0.4) is 0 Å². The molecule has 0 radical (unpaired) electrons. The van der Waals surface area contributed by atoms with Crippen molar-refractivity contribution in [3.05, 3.63) is 33.9 Å². The average Bonchev–Trinajstić information content (AvgIpc) is 3.45. The molecule has 2 aliphatic heterocycles. The van der Waals surface area contributed by atoms with Crippen molar-refractivity contribution < 1.29 is 19.1 Å². The third kappa shape index (κ3) is 2.85. The van der Waals surface area contributed by atoms with Gasteiger partial charge in [-0.2, -0.15) is 0 Å². The fraction of sp³-hybridized carbons (Fsp3) is 0.500. The van der Waals surface area contributed by atoms with Gasteiger partial charge in [-0.25, -0.2) is 14.2 Å². The van der Waals surface area contributed by atoms with E-state index in [0.717, 1.165) is 37.6 Å². The zero-order chi connectivity index (χ0) is 21.0. The van der Waals surface area contributed by atoms with Crippen molar-refractivity contribution in [3.63, 3.8) is 0 Å². The molecule has 0 amide bonds. The van der Waals surface area contributed by atoms with Gasteiger partial charge in [-0.05, 0) is 38.8 Å². The quantitative estimate of drug-likeness (QED) is 0.713. The number of aromatic nitrogens is 2. The number of carbonyl (C=O) groups is 1. The highest BCUT2D eigenvalue weighted by Gasteiger charge is 2.49. The predicted octanol–water partition coefficient (Wildman–Crippen LogP) is 1.51. The number of anilines is 1. The van der Waals surface area contributed by atoms with Crippen LogP contribution in [0.15, 0.2) is 22.2 Å². The summed E-state index contributed by atoms with van der Waals surface area (Å²) in [7, 11) is 0. The highest BCUT2D eigenvalue weighted by molar-refractivity contribution is 6.01. The number of carboxylic acid groups (broad SMARTS) is 1. The lowest BCUT2D eigenvalue weighted by Gasteiger charge is -2.39. The minimum Gasteiger partial charge on any atom is -0.477 e. The average molecular weight is 415 g/mol. The van der Waals surface area contributed by atoms with Crippen LogP contribution in [0.1, 0.15) is 42.6 Å². The molecule has 2 aromatic heterocycles. The van der Waals surface area contributed by atoms with Gasteiger partial charge in [0, 0.05) is 18.8 Å². The molecule has 2 aromatic rings. The minimum absolute atomic E-state index is 0.0121. The molecule has 1 atom stereocenters. The molecule has 2 N–H and O–H groups in total. The van der Waals surface area contributed by atoms with Gasteiger partial charge in [0.15, 0.2) is 11.6 Å². The Kier molecular flexibility index (Phi) is 4.28. The van der Waals surface area contributed by atoms with Crippen LogP contribution >= 0.6 is 0 Å². The molecule has 158 valence electrons. The van der Waals surface area contributed by atoms with Crippen molar-refractivity contribution in [2.45, 2.75) is 37.8 Å². The number of halogens is 1. The molecule has 5 rings (SSSR count). The lowest BCUT2D eigenvalue weighted by Crippen LogP contribution is -2.62. The Morgan fingerprint density at radius 2 is 2.27 bits per heavy atom. The maximum Gasteiger partial charge on any atom is 0.341 e. The van der Waals surface area contributed by atoms with E-state index in [-0.39, 0.29) is 28.3 Å². The first-order chi connectivity index (χ1) is 14.4. The summed E-state index contributed by atoms with van der Waals surface area (Å²) in [4.78, 5) is 35.7. The molecule has 2 saturated heterocycles. The summed E-state index contributed by atoms with van der Waals surface area (Å²) in [6.45, 7) is 4.01. The Morgan fingerprint density at radius 3 is 2.87 bits per heavy atom. The van der Waals surface area contributed by atoms with Gasteiger partial charge in [0.1, 0.15) is 17.8 Å². The molecule has 10 heteroatoms. The smallest absolute Gasteiger partial charge is 0.341 e. The van der Waals surface area contributed by atoms with Crippen molar-refractivity contribution in [1.29, 1.82) is 0 Å². The monoisotopic (exact) mass is 415 g/mol. The summed E-state index contributed by atoms with van der Waals surface area (Å²) < 4.78 is 16.8. The van der Waals surface area contributed by atoms with Gasteiger partial charge in [0.25, 0.3) is 0 Å². The molecule has 9 nitrogen and oxygen atoms in total. The van der Waals surface area contributed by atoms with Crippen LogP contribution in [0.25, 0.3) is 11.0 Å². The highest BCUT2D eigenvalue weighted by Crippen LogP contribution is 2.38. The van der Waals surface area contributed by atoms with E-state index in [4.69, 9.17) is 4.84 Å². The number of carboxylic acids is 1. The fourth-order valence-electron chi connectivity index (χ4n) is 4.26. The van der Waals surface area contributed by atoms with E-state index in [0.29, 0.717) is 25.3 Å². The number of nitrogens with one attached hydrogen (secondary N) is 1. The second-order valence-electron chi connectivity index (χ2n) is 8.05. The van der Waals surface area contributed by atoms with E-state index >= 15 is 4.39 Å². The van der Waals surface area contributed by atoms with Crippen LogP contribution < -0.4 is 15.6 Å². The SMILES string of the molecule is CCO/N=C1/CN(c2nc3c(cc2F)c(=O)c(C(=O)O)cn3C2CC2)CC12CCN2. The lowest BCUT2D eigenvalue weighted by molar-refractivity contribution is 0.0695. The first-order valence-electron chi connectivity index (χ1n) is 10.1. The molecule has 1 unspecified atom stereocenters. The van der Waals surface area contributed by atoms with Gasteiger partial charge in [0.05, 0.1) is 23.2 Å². The van der Waals surface area contributed by atoms with Crippen LogP contribution in [-0.2, 0) is 4.84 Å². The fourth-order valence-corrected chi connectivity index (χ4v) is 4.26. The van der Waals surface area contributed by atoms with Gasteiger partial charge in [0.2, 0.25) is 5.43 Å². The van der Waals surface area contributed by atoms with Crippen molar-refractivity contribution in [1.82, 2.24) is 14.9 Å². The minimum atomic E-state index is -1.32. The number of nitrogens with zero attached hydrogens (tertiary/aromatic N) is 4. The Hall–Kier alpha value is -3.01. The molecule has 3 fully saturated rings. The molecule has 3 aliphatic rings. The molecule has 0 bridgehead atoms. The summed E-state index contributed by atoms with van der Waals surface area (Å²) in [6.07, 6.45) is 3.94. The molecule has 1 saturated carbocycles. The largest absolute Gasteiger partial charge is 0.477 e. The molecular formula is C20H22FN5O4. The second-order valence-corrected chi connectivity index (χ2v) is 8.05. The first-order valence-corrected chi connectivity index (χ1v) is 10.1. The standard InChI is InChI=1S/C20H22FN5O4/c1-2-30-24-15-9-25(10-20(15)5-6-22-20)18-14(21)7-12-16(27)13(19(28)29)8-26(11-3-4-11)17(12)23-18/h7-8,11,22H,2-6,9-10H2,1H3,(H,28,29)/b24-15-. The van der Waals surface area contributed by atoms with E-state index in [1.165, 1.54) is 6.20 Å². The number of hydrogen-bond acceptors (Lipinski definition) is 7. The number of oxime groups is 1. The van der Waals surface area contributed by atoms with Crippen LogP contribution in [-0.4, -0.2) is 58.1 Å². The Bertz CT molecular complexity index is 1140. The first kappa shape index (κ1) is 19.0. The van der Waals surface area contributed by atoms with E-state index < -0.39 is 17.2 Å². The van der Waals surface area contributed by atoms with Crippen LogP contribution in [0.5, 0.6) is 0 Å². The predicted molar refractivity (Wildman–Crippen MR) is 108 cm³/mol. The van der Waals surface area contributed by atoms with E-state index in [1.54, 1.807) is 9.47 Å². The topological polar surface area (TPSA) is 109 Å². The van der Waals surface area contributed by atoms with Crippen LogP contribution in [0.2, 0.25) is 0 Å². The van der Waals surface area contributed by atoms with Crippen molar-refractivity contribution >= 4 is 28.5 Å². The zero-order valence-corrected chi connectivity index (χ0v) is 16.5. The van der Waals surface area contributed by atoms with E-state index in [1.807, 2.05) is 6.92 Å². The van der Waals surface area contributed by atoms with Gasteiger partial charge in [-0.3, -0.25) is 4.79 Å². The van der Waals surface area contributed by atoms with E-state index in [9.17, 15) is 14.7 Å². The van der Waals surface area contributed by atoms with Gasteiger partial charge in [-0.1, -0.05) is 5.16 Å². The number of fused-ring (bicyclic) bond motifs is 1. The maximum atomic E-state index is 15.1. The van der Waals surface area contributed by atoms with Gasteiger partial charge < -0.3 is 24.7 Å². The summed E-state index contributed by atoms with van der Waals surface area (Å²) in [5, 5.41) is 17.0. The number of aromatic carboxylic acids is 1. The number of rotatable bonds is 5. The number of hydrogen-bond donors (Lipinski definition) is 2. The Morgan fingerprint density at radius 1 is 1.50 bits per heavy atom. The molecule has 1 spiro atoms. The maximum absolute atomic E-state index is 15.1. The summed E-state index contributed by atoms with van der Waals surface area (Å²) in [6, 6.07) is 1.19. The van der Waals surface area contributed by atoms with E-state index in [2.05, 4.69) is 15.5 Å². The van der Waals surface area contributed by atoms with Crippen LogP contribution in [0, 0.1) is 5.82 Å². The molecule has 4 heterocycles. The summed E-state index contributed by atoms with van der Waals surface area (Å²) in [5.41, 5.74) is -0.313. The van der Waals surface area contributed by atoms with Crippen LogP contribution in [0.4, 0.5) is 10.2 Å². The number of pyridine rings is 2. The van der Waals surface area contributed by atoms with Gasteiger partial charge >= 0.3 is 5.97 Å². The molecule has 30 heavy (non-hydrogen) atoms. The Labute approximate surface area is 171 Å². The molecule has 0 aromatic carbocycles. The second kappa shape index (κ2) is 6.76. The van der Waals surface area contributed by atoms with Crippen molar-refractivity contribution in [2.24, 2.45) is 5.16 Å². The Balaban J connectivity index is 1.62. The summed E-state index contributed by atoms with van der Waals surface area (Å²) >= 11 is 0. The van der Waals surface area contributed by atoms with Gasteiger partial charge in [-0.15, -0.1) is 0 Å².